The quantitative estimate of drug-likeness (QED) is 0.398. The first kappa shape index (κ1) is 30.2. The molecule has 2 atom stereocenters. The summed E-state index contributed by atoms with van der Waals surface area (Å²) in [5.74, 6) is -1.89. The Labute approximate surface area is 218 Å². The van der Waals surface area contributed by atoms with Crippen LogP contribution in [0.1, 0.15) is 78.7 Å². The molecule has 1 aliphatic rings. The van der Waals surface area contributed by atoms with Crippen LogP contribution in [0.3, 0.4) is 0 Å². The minimum absolute atomic E-state index is 0.128. The fourth-order valence-corrected chi connectivity index (χ4v) is 4.22. The molecule has 10 heteroatoms. The number of hydrogen-bond donors (Lipinski definition) is 2. The molecule has 2 N–H and O–H groups in total. The maximum atomic E-state index is 14.9. The molecule has 0 spiro atoms. The van der Waals surface area contributed by atoms with Gasteiger partial charge in [0.2, 0.25) is 0 Å². The zero-order chi connectivity index (χ0) is 27.8. The second-order valence-electron chi connectivity index (χ2n) is 10.8. The molecule has 0 aromatic heterocycles. The van der Waals surface area contributed by atoms with E-state index in [-0.39, 0.29) is 17.8 Å². The van der Waals surface area contributed by atoms with Crippen molar-refractivity contribution < 1.29 is 38.1 Å². The molecule has 0 bridgehead atoms. The molecule has 37 heavy (non-hydrogen) atoms. The Balaban J connectivity index is 1.82. The molecule has 0 aliphatic carbocycles. The van der Waals surface area contributed by atoms with Crippen LogP contribution in [0.15, 0.2) is 18.2 Å². The van der Waals surface area contributed by atoms with Crippen LogP contribution in [-0.4, -0.2) is 65.6 Å². The van der Waals surface area contributed by atoms with E-state index in [0.717, 1.165) is 25.7 Å². The lowest BCUT2D eigenvalue weighted by Crippen LogP contribution is -2.46. The molecule has 1 fully saturated rings. The lowest BCUT2D eigenvalue weighted by Gasteiger charge is -2.31. The third-order valence-corrected chi connectivity index (χ3v) is 6.14. The van der Waals surface area contributed by atoms with E-state index < -0.39 is 35.4 Å². The van der Waals surface area contributed by atoms with Crippen molar-refractivity contribution in [2.45, 2.75) is 90.9 Å². The van der Waals surface area contributed by atoms with E-state index >= 15 is 0 Å². The highest BCUT2D eigenvalue weighted by atomic mass is 19.1. The summed E-state index contributed by atoms with van der Waals surface area (Å²) in [7, 11) is 0. The molecule has 2 amide bonds. The Kier molecular flexibility index (Phi) is 11.0. The molecule has 2 unspecified atom stereocenters. The summed E-state index contributed by atoms with van der Waals surface area (Å²) in [6, 6.07) is 2.94. The van der Waals surface area contributed by atoms with E-state index in [9.17, 15) is 23.9 Å². The van der Waals surface area contributed by atoms with Crippen LogP contribution in [0.4, 0.5) is 14.0 Å². The van der Waals surface area contributed by atoms with Gasteiger partial charge < -0.3 is 29.5 Å². The minimum Gasteiger partial charge on any atom is -0.493 e. The van der Waals surface area contributed by atoms with Gasteiger partial charge >= 0.3 is 18.2 Å². The highest BCUT2D eigenvalue weighted by molar-refractivity contribution is 5.81. The van der Waals surface area contributed by atoms with Crippen molar-refractivity contribution in [2.75, 3.05) is 19.7 Å². The number of rotatable bonds is 10. The van der Waals surface area contributed by atoms with E-state index in [1.54, 1.807) is 31.7 Å². The third-order valence-electron chi connectivity index (χ3n) is 6.14. The van der Waals surface area contributed by atoms with Gasteiger partial charge in [0.1, 0.15) is 23.2 Å². The predicted octanol–water partition coefficient (Wildman–Crippen LogP) is 5.32. The van der Waals surface area contributed by atoms with Crippen molar-refractivity contribution in [2.24, 2.45) is 5.92 Å². The summed E-state index contributed by atoms with van der Waals surface area (Å²) in [4.78, 5) is 37.5. The van der Waals surface area contributed by atoms with Gasteiger partial charge in [0.25, 0.3) is 0 Å². The fraction of sp³-hybridized carbons (Fsp3) is 0.667. The molecule has 1 aromatic carbocycles. The van der Waals surface area contributed by atoms with Crippen molar-refractivity contribution in [1.82, 2.24) is 10.2 Å². The number of aliphatic carboxylic acids is 1. The number of likely N-dealkylation sites (tertiary alicyclic amines) is 1. The van der Waals surface area contributed by atoms with E-state index in [1.807, 2.05) is 13.8 Å². The third kappa shape index (κ3) is 10.1. The van der Waals surface area contributed by atoms with Crippen LogP contribution < -0.4 is 10.1 Å². The zero-order valence-electron chi connectivity index (χ0n) is 22.7. The summed E-state index contributed by atoms with van der Waals surface area (Å²) in [5.41, 5.74) is -0.641. The Hall–Kier alpha value is -3.04. The van der Waals surface area contributed by atoms with Crippen LogP contribution in [0.5, 0.6) is 5.75 Å². The van der Waals surface area contributed by atoms with Crippen molar-refractivity contribution in [3.63, 3.8) is 0 Å². The highest BCUT2D eigenvalue weighted by Gasteiger charge is 2.31. The molecule has 0 radical (unpaired) electrons. The number of amides is 2. The topological polar surface area (TPSA) is 114 Å². The summed E-state index contributed by atoms with van der Waals surface area (Å²) in [6.07, 6.45) is 2.30. The molecule has 0 saturated carbocycles. The normalized spacial score (nSPS) is 16.2. The van der Waals surface area contributed by atoms with E-state index in [1.165, 1.54) is 19.1 Å². The van der Waals surface area contributed by atoms with Crippen molar-refractivity contribution in [1.29, 1.82) is 0 Å². The van der Waals surface area contributed by atoms with Crippen molar-refractivity contribution in [3.05, 3.63) is 29.6 Å². The van der Waals surface area contributed by atoms with Gasteiger partial charge in [-0.05, 0) is 77.8 Å². The number of carboxylic acid groups (broad SMARTS) is 1. The maximum Gasteiger partial charge on any atom is 0.410 e. The number of ether oxygens (including phenoxy) is 3. The summed E-state index contributed by atoms with van der Waals surface area (Å²) >= 11 is 0. The average molecular weight is 525 g/mol. The molecule has 9 nitrogen and oxygen atoms in total. The van der Waals surface area contributed by atoms with Gasteiger partial charge in [-0.3, -0.25) is 0 Å². The van der Waals surface area contributed by atoms with Crippen LogP contribution in [0.2, 0.25) is 0 Å². The number of nitrogens with zero attached hydrogens (tertiary/aromatic N) is 1. The zero-order valence-corrected chi connectivity index (χ0v) is 22.7. The number of hydrogen-bond acceptors (Lipinski definition) is 6. The second kappa shape index (κ2) is 13.5. The average Bonchev–Trinajstić information content (AvgIpc) is 2.78. The molecule has 208 valence electrons. The second-order valence-corrected chi connectivity index (χ2v) is 10.8. The maximum absolute atomic E-state index is 14.9. The summed E-state index contributed by atoms with van der Waals surface area (Å²) in [5, 5.41) is 11.9. The van der Waals surface area contributed by atoms with Gasteiger partial charge in [-0.1, -0.05) is 13.0 Å². The van der Waals surface area contributed by atoms with E-state index in [4.69, 9.17) is 14.2 Å². The Morgan fingerprint density at radius 2 is 1.81 bits per heavy atom. The standard InChI is InChI=1S/C27H41FN2O7/c1-17(2)36-26(34)30-13-11-19(12-14-30)8-7-15-35-20-9-10-21(22(28)16-20)18(3)23(24(31)32)29-25(33)37-27(4,5)6/h9-10,16-19,23H,7-8,11-15H2,1-6H3,(H,29,33)(H,31,32). The van der Waals surface area contributed by atoms with Crippen LogP contribution in [-0.2, 0) is 14.3 Å². The number of alkyl carbamates (subject to hydrolysis) is 1. The Morgan fingerprint density at radius 3 is 2.35 bits per heavy atom. The largest absolute Gasteiger partial charge is 0.493 e. The van der Waals surface area contributed by atoms with Gasteiger partial charge in [0, 0.05) is 25.1 Å². The van der Waals surface area contributed by atoms with Crippen LogP contribution in [0.25, 0.3) is 0 Å². The van der Waals surface area contributed by atoms with Gasteiger partial charge in [0.15, 0.2) is 0 Å². The molecular weight excluding hydrogens is 483 g/mol. The Morgan fingerprint density at radius 1 is 1.16 bits per heavy atom. The van der Waals surface area contributed by atoms with Crippen LogP contribution >= 0.6 is 0 Å². The number of carbonyl (C=O) groups is 3. The van der Waals surface area contributed by atoms with Gasteiger partial charge in [-0.15, -0.1) is 0 Å². The molecule has 1 saturated heterocycles. The lowest BCUT2D eigenvalue weighted by molar-refractivity contribution is -0.140. The molecular formula is C27H41FN2O7. The number of piperidine rings is 1. The van der Waals surface area contributed by atoms with Gasteiger partial charge in [0.05, 0.1) is 12.7 Å². The molecule has 1 heterocycles. The molecule has 2 rings (SSSR count). The first-order valence-electron chi connectivity index (χ1n) is 12.9. The molecule has 1 aliphatic heterocycles. The van der Waals surface area contributed by atoms with Crippen LogP contribution in [0, 0.1) is 11.7 Å². The number of halogens is 1. The van der Waals surface area contributed by atoms with Crippen molar-refractivity contribution >= 4 is 18.2 Å². The fourth-order valence-electron chi connectivity index (χ4n) is 4.22. The van der Waals surface area contributed by atoms with E-state index in [2.05, 4.69) is 5.32 Å². The SMILES string of the molecule is CC(C)OC(=O)N1CCC(CCCOc2ccc(C(C)C(NC(=O)OC(C)(C)C)C(=O)O)c(F)c2)CC1. The smallest absolute Gasteiger partial charge is 0.410 e. The summed E-state index contributed by atoms with van der Waals surface area (Å²) in [6.45, 7) is 12.0. The number of nitrogens with one attached hydrogen (secondary N) is 1. The minimum atomic E-state index is -1.37. The monoisotopic (exact) mass is 524 g/mol. The van der Waals surface area contributed by atoms with Crippen molar-refractivity contribution in [3.8, 4) is 5.75 Å². The highest BCUT2D eigenvalue weighted by Crippen LogP contribution is 2.27. The van der Waals surface area contributed by atoms with Gasteiger partial charge in [-0.2, -0.15) is 0 Å². The predicted molar refractivity (Wildman–Crippen MR) is 136 cm³/mol. The number of carbonyl (C=O) groups excluding carboxylic acids is 2. The first-order valence-corrected chi connectivity index (χ1v) is 12.9. The number of benzene rings is 1. The summed E-state index contributed by atoms with van der Waals surface area (Å²) < 4.78 is 30.9. The lowest BCUT2D eigenvalue weighted by atomic mass is 9.92. The van der Waals surface area contributed by atoms with E-state index in [0.29, 0.717) is 31.4 Å². The van der Waals surface area contributed by atoms with Gasteiger partial charge in [-0.25, -0.2) is 18.8 Å². The molecule has 1 aromatic rings. The Bertz CT molecular complexity index is 924. The first-order chi connectivity index (χ1) is 17.3. The number of carboxylic acids is 1.